The zero-order valence-corrected chi connectivity index (χ0v) is 9.42. The molecule has 2 rings (SSSR count). The maximum atomic E-state index is 11.7. The van der Waals surface area contributed by atoms with Gasteiger partial charge in [-0.05, 0) is 29.8 Å². The standard InChI is InChI=1S/C10H6Cl2N2O2/c11-8-5-6(1-3-13-8)14-10(15)7-2-4-16-9(7)12/h1-5H,(H,13,14,15). The third-order valence-corrected chi connectivity index (χ3v) is 2.35. The molecule has 1 amide bonds. The van der Waals surface area contributed by atoms with Crippen molar-refractivity contribution >= 4 is 34.8 Å². The molecule has 6 heteroatoms. The molecule has 0 fully saturated rings. The van der Waals surface area contributed by atoms with Gasteiger partial charge in [0.1, 0.15) is 5.15 Å². The van der Waals surface area contributed by atoms with Crippen LogP contribution in [0.5, 0.6) is 0 Å². The van der Waals surface area contributed by atoms with Crippen LogP contribution in [0.25, 0.3) is 0 Å². The lowest BCUT2D eigenvalue weighted by atomic mass is 10.3. The average molecular weight is 257 g/mol. The van der Waals surface area contributed by atoms with Gasteiger partial charge in [-0.2, -0.15) is 0 Å². The van der Waals surface area contributed by atoms with Gasteiger partial charge in [0.15, 0.2) is 0 Å². The zero-order chi connectivity index (χ0) is 11.5. The normalized spacial score (nSPS) is 10.1. The highest BCUT2D eigenvalue weighted by Gasteiger charge is 2.12. The molecule has 0 aromatic carbocycles. The molecular weight excluding hydrogens is 251 g/mol. The summed E-state index contributed by atoms with van der Waals surface area (Å²) in [7, 11) is 0. The molecule has 0 aliphatic rings. The van der Waals surface area contributed by atoms with Gasteiger partial charge >= 0.3 is 0 Å². The molecule has 0 aliphatic heterocycles. The van der Waals surface area contributed by atoms with Crippen molar-refractivity contribution in [2.45, 2.75) is 0 Å². The summed E-state index contributed by atoms with van der Waals surface area (Å²) in [4.78, 5) is 15.5. The van der Waals surface area contributed by atoms with E-state index in [0.717, 1.165) is 0 Å². The van der Waals surface area contributed by atoms with Gasteiger partial charge < -0.3 is 9.73 Å². The summed E-state index contributed by atoms with van der Waals surface area (Å²) in [5, 5.41) is 2.97. The molecule has 0 saturated heterocycles. The predicted octanol–water partition coefficient (Wildman–Crippen LogP) is 3.23. The second kappa shape index (κ2) is 4.55. The fraction of sp³-hybridized carbons (Fsp3) is 0. The number of pyridine rings is 1. The van der Waals surface area contributed by atoms with Crippen molar-refractivity contribution in [1.82, 2.24) is 4.98 Å². The van der Waals surface area contributed by atoms with E-state index in [4.69, 9.17) is 27.6 Å². The zero-order valence-electron chi connectivity index (χ0n) is 7.91. The summed E-state index contributed by atoms with van der Waals surface area (Å²) in [6.07, 6.45) is 2.84. The first-order valence-corrected chi connectivity index (χ1v) is 5.08. The van der Waals surface area contributed by atoms with Gasteiger partial charge in [-0.3, -0.25) is 4.79 Å². The molecule has 2 heterocycles. The molecule has 0 saturated carbocycles. The van der Waals surface area contributed by atoms with E-state index in [9.17, 15) is 4.79 Å². The lowest BCUT2D eigenvalue weighted by Gasteiger charge is -2.03. The van der Waals surface area contributed by atoms with Gasteiger partial charge in [0.05, 0.1) is 11.8 Å². The van der Waals surface area contributed by atoms with Crippen LogP contribution in [0.15, 0.2) is 35.1 Å². The van der Waals surface area contributed by atoms with Crippen LogP contribution in [0.4, 0.5) is 5.69 Å². The molecule has 0 aliphatic carbocycles. The first kappa shape index (κ1) is 11.0. The van der Waals surface area contributed by atoms with Crippen LogP contribution in [0.3, 0.4) is 0 Å². The number of aromatic nitrogens is 1. The fourth-order valence-corrected chi connectivity index (χ4v) is 1.51. The second-order valence-corrected chi connectivity index (χ2v) is 3.66. The minimum absolute atomic E-state index is 0.0534. The SMILES string of the molecule is O=C(Nc1ccnc(Cl)c1)c1ccoc1Cl. The van der Waals surface area contributed by atoms with E-state index in [0.29, 0.717) is 10.8 Å². The average Bonchev–Trinajstić information content (AvgIpc) is 2.64. The lowest BCUT2D eigenvalue weighted by molar-refractivity contribution is 0.102. The quantitative estimate of drug-likeness (QED) is 0.840. The van der Waals surface area contributed by atoms with Crippen molar-refractivity contribution in [2.75, 3.05) is 5.32 Å². The highest BCUT2D eigenvalue weighted by atomic mass is 35.5. The van der Waals surface area contributed by atoms with Crippen LogP contribution in [-0.4, -0.2) is 10.9 Å². The largest absolute Gasteiger partial charge is 0.452 e. The number of carbonyl (C=O) groups excluding carboxylic acids is 1. The number of nitrogens with one attached hydrogen (secondary N) is 1. The topological polar surface area (TPSA) is 55.1 Å². The summed E-state index contributed by atoms with van der Waals surface area (Å²) in [6.45, 7) is 0. The Labute approximate surface area is 101 Å². The summed E-state index contributed by atoms with van der Waals surface area (Å²) in [5.74, 6) is -0.360. The van der Waals surface area contributed by atoms with Crippen LogP contribution >= 0.6 is 23.2 Å². The minimum atomic E-state index is -0.360. The van der Waals surface area contributed by atoms with Gasteiger partial charge in [0.25, 0.3) is 5.91 Å². The predicted molar refractivity (Wildman–Crippen MR) is 60.9 cm³/mol. The Morgan fingerprint density at radius 1 is 1.38 bits per heavy atom. The molecule has 4 nitrogen and oxygen atoms in total. The summed E-state index contributed by atoms with van der Waals surface area (Å²) in [5.41, 5.74) is 0.817. The van der Waals surface area contributed by atoms with E-state index in [1.165, 1.54) is 24.6 Å². The number of furan rings is 1. The van der Waals surface area contributed by atoms with Crippen LogP contribution in [0.1, 0.15) is 10.4 Å². The van der Waals surface area contributed by atoms with Crippen molar-refractivity contribution in [1.29, 1.82) is 0 Å². The van der Waals surface area contributed by atoms with Gasteiger partial charge in [-0.1, -0.05) is 11.6 Å². The maximum Gasteiger partial charge on any atom is 0.260 e. The Morgan fingerprint density at radius 2 is 2.19 bits per heavy atom. The van der Waals surface area contributed by atoms with Crippen LogP contribution in [0.2, 0.25) is 10.4 Å². The number of hydrogen-bond acceptors (Lipinski definition) is 3. The van der Waals surface area contributed by atoms with Crippen LogP contribution in [0, 0.1) is 0 Å². The number of rotatable bonds is 2. The fourth-order valence-electron chi connectivity index (χ4n) is 1.13. The van der Waals surface area contributed by atoms with Crippen LogP contribution in [-0.2, 0) is 0 Å². The van der Waals surface area contributed by atoms with E-state index in [1.807, 2.05) is 0 Å². The first-order valence-electron chi connectivity index (χ1n) is 4.33. The Morgan fingerprint density at radius 3 is 2.81 bits per heavy atom. The van der Waals surface area contributed by atoms with Crippen LogP contribution < -0.4 is 5.32 Å². The third-order valence-electron chi connectivity index (χ3n) is 1.85. The van der Waals surface area contributed by atoms with E-state index in [1.54, 1.807) is 6.07 Å². The molecule has 0 atom stereocenters. The first-order chi connectivity index (χ1) is 7.66. The number of halogens is 2. The number of nitrogens with zero attached hydrogens (tertiary/aromatic N) is 1. The van der Waals surface area contributed by atoms with Gasteiger partial charge in [-0.25, -0.2) is 4.98 Å². The van der Waals surface area contributed by atoms with E-state index in [-0.39, 0.29) is 16.7 Å². The second-order valence-electron chi connectivity index (χ2n) is 2.93. The Hall–Kier alpha value is -1.52. The molecular formula is C10H6Cl2N2O2. The van der Waals surface area contributed by atoms with Crippen molar-refractivity contribution in [3.05, 3.63) is 46.6 Å². The smallest absolute Gasteiger partial charge is 0.260 e. The van der Waals surface area contributed by atoms with Crippen molar-refractivity contribution < 1.29 is 9.21 Å². The molecule has 0 spiro atoms. The molecule has 0 radical (unpaired) electrons. The summed E-state index contributed by atoms with van der Waals surface area (Å²) >= 11 is 11.3. The van der Waals surface area contributed by atoms with Crippen molar-refractivity contribution in [3.63, 3.8) is 0 Å². The molecule has 1 N–H and O–H groups in total. The third kappa shape index (κ3) is 2.35. The molecule has 0 unspecified atom stereocenters. The van der Waals surface area contributed by atoms with E-state index >= 15 is 0 Å². The van der Waals surface area contributed by atoms with Gasteiger partial charge in [-0.15, -0.1) is 0 Å². The van der Waals surface area contributed by atoms with E-state index < -0.39 is 0 Å². The van der Waals surface area contributed by atoms with Crippen molar-refractivity contribution in [2.24, 2.45) is 0 Å². The Bertz CT molecular complexity index is 525. The molecule has 2 aromatic rings. The monoisotopic (exact) mass is 256 g/mol. The summed E-state index contributed by atoms with van der Waals surface area (Å²) in [6, 6.07) is 4.64. The molecule has 0 bridgehead atoms. The maximum absolute atomic E-state index is 11.7. The van der Waals surface area contributed by atoms with Crippen molar-refractivity contribution in [3.8, 4) is 0 Å². The molecule has 16 heavy (non-hydrogen) atoms. The number of anilines is 1. The number of amides is 1. The summed E-state index contributed by atoms with van der Waals surface area (Å²) < 4.78 is 4.81. The molecule has 2 aromatic heterocycles. The number of hydrogen-bond donors (Lipinski definition) is 1. The highest BCUT2D eigenvalue weighted by molar-refractivity contribution is 6.33. The van der Waals surface area contributed by atoms with Gasteiger partial charge in [0, 0.05) is 11.9 Å². The highest BCUT2D eigenvalue weighted by Crippen LogP contribution is 2.19. The Kier molecular flexibility index (Phi) is 3.12. The lowest BCUT2D eigenvalue weighted by Crippen LogP contribution is -2.11. The van der Waals surface area contributed by atoms with Gasteiger partial charge in [0.2, 0.25) is 5.22 Å². The Balaban J connectivity index is 2.17. The number of carbonyl (C=O) groups is 1. The minimum Gasteiger partial charge on any atom is -0.452 e. The molecule has 82 valence electrons. The van der Waals surface area contributed by atoms with E-state index in [2.05, 4.69) is 10.3 Å².